The maximum absolute atomic E-state index is 10.6. The molecule has 0 spiro atoms. The molecule has 0 saturated carbocycles. The molecule has 56 valence electrons. The summed E-state index contributed by atoms with van der Waals surface area (Å²) >= 11 is 0. The highest BCUT2D eigenvalue weighted by molar-refractivity contribution is 5.96. The van der Waals surface area contributed by atoms with Crippen molar-refractivity contribution in [1.29, 1.82) is 0 Å². The normalized spacial score (nSPS) is 25.8. The fraction of sp³-hybridized carbons (Fsp3) is 0. The first kappa shape index (κ1) is 7.47. The van der Waals surface area contributed by atoms with Gasteiger partial charge in [0.15, 0.2) is 0 Å². The Morgan fingerprint density at radius 2 is 1.27 bits per heavy atom. The Balaban J connectivity index is 2.80. The van der Waals surface area contributed by atoms with E-state index >= 15 is 0 Å². The second-order valence-corrected chi connectivity index (χ2v) is 1.84. The molecule has 1 heterocycles. The largest absolute Gasteiger partial charge is 0.387 e. The Hall–Kier alpha value is -1.64. The first-order chi connectivity index (χ1) is 5.29. The smallest absolute Gasteiger partial charge is 0.338 e. The van der Waals surface area contributed by atoms with Crippen molar-refractivity contribution in [2.75, 3.05) is 0 Å². The molecule has 0 unspecified atom stereocenters. The molecule has 3 nitrogen and oxygen atoms in total. The van der Waals surface area contributed by atoms with E-state index in [1.54, 1.807) is 12.2 Å². The Labute approximate surface area is 63.7 Å². The molecule has 0 atom stereocenters. The van der Waals surface area contributed by atoms with Gasteiger partial charge in [0.2, 0.25) is 0 Å². The first-order valence-corrected chi connectivity index (χ1v) is 3.06. The summed E-state index contributed by atoms with van der Waals surface area (Å²) in [5.41, 5.74) is 0. The third-order valence-corrected chi connectivity index (χ3v) is 0.999. The van der Waals surface area contributed by atoms with E-state index in [1.165, 1.54) is 24.3 Å². The minimum Gasteiger partial charge on any atom is -0.387 e. The molecular formula is C8H6O3. The number of esters is 2. The van der Waals surface area contributed by atoms with E-state index < -0.39 is 11.9 Å². The van der Waals surface area contributed by atoms with Crippen LogP contribution in [0.25, 0.3) is 0 Å². The molecule has 1 aliphatic heterocycles. The highest BCUT2D eigenvalue weighted by Crippen LogP contribution is 1.90. The van der Waals surface area contributed by atoms with Gasteiger partial charge in [-0.15, -0.1) is 0 Å². The van der Waals surface area contributed by atoms with Crippen molar-refractivity contribution in [1.82, 2.24) is 0 Å². The van der Waals surface area contributed by atoms with Crippen molar-refractivity contribution in [3.63, 3.8) is 0 Å². The van der Waals surface area contributed by atoms with Gasteiger partial charge in [-0.25, -0.2) is 9.59 Å². The van der Waals surface area contributed by atoms with E-state index in [2.05, 4.69) is 4.74 Å². The summed E-state index contributed by atoms with van der Waals surface area (Å²) in [7, 11) is 0. The van der Waals surface area contributed by atoms with Gasteiger partial charge in [0, 0.05) is 12.2 Å². The fourth-order valence-electron chi connectivity index (χ4n) is 0.564. The lowest BCUT2D eigenvalue weighted by Crippen LogP contribution is -2.06. The lowest BCUT2D eigenvalue weighted by atomic mass is 10.4. The molecule has 1 aliphatic rings. The first-order valence-electron chi connectivity index (χ1n) is 3.06. The number of rotatable bonds is 0. The Morgan fingerprint density at radius 3 is 1.73 bits per heavy atom. The van der Waals surface area contributed by atoms with Gasteiger partial charge in [0.25, 0.3) is 0 Å². The van der Waals surface area contributed by atoms with Crippen LogP contribution in [0.1, 0.15) is 0 Å². The monoisotopic (exact) mass is 150 g/mol. The summed E-state index contributed by atoms with van der Waals surface area (Å²) in [6.45, 7) is 0. The lowest BCUT2D eigenvalue weighted by Gasteiger charge is -1.91. The highest BCUT2D eigenvalue weighted by atomic mass is 16.6. The van der Waals surface area contributed by atoms with Crippen LogP contribution in [-0.4, -0.2) is 11.9 Å². The van der Waals surface area contributed by atoms with Gasteiger partial charge in [0.1, 0.15) is 0 Å². The van der Waals surface area contributed by atoms with Gasteiger partial charge in [-0.05, 0) is 0 Å². The van der Waals surface area contributed by atoms with Crippen molar-refractivity contribution in [3.8, 4) is 0 Å². The van der Waals surface area contributed by atoms with Crippen LogP contribution in [0.4, 0.5) is 0 Å². The molecule has 1 rings (SSSR count). The van der Waals surface area contributed by atoms with Crippen LogP contribution in [-0.2, 0) is 14.3 Å². The number of hydrogen-bond donors (Lipinski definition) is 0. The molecule has 0 aromatic heterocycles. The SMILES string of the molecule is O=C1/C=C/C=C\C=C\C(=O)O1. The minimum absolute atomic E-state index is 0.647. The van der Waals surface area contributed by atoms with E-state index in [1.807, 2.05) is 0 Å². The molecule has 0 aromatic rings. The van der Waals surface area contributed by atoms with Crippen molar-refractivity contribution in [3.05, 3.63) is 36.5 Å². The number of carbonyl (C=O) groups is 2. The molecule has 0 aliphatic carbocycles. The van der Waals surface area contributed by atoms with E-state index in [9.17, 15) is 9.59 Å². The minimum atomic E-state index is -0.647. The van der Waals surface area contributed by atoms with E-state index in [0.29, 0.717) is 0 Å². The Bertz CT molecular complexity index is 233. The molecule has 0 radical (unpaired) electrons. The Kier molecular flexibility index (Phi) is 2.38. The second kappa shape index (κ2) is 3.51. The molecular weight excluding hydrogens is 144 g/mol. The van der Waals surface area contributed by atoms with Crippen LogP contribution in [0.3, 0.4) is 0 Å². The summed E-state index contributed by atoms with van der Waals surface area (Å²) in [4.78, 5) is 21.2. The molecule has 0 fully saturated rings. The molecule has 0 amide bonds. The van der Waals surface area contributed by atoms with Crippen LogP contribution in [0.2, 0.25) is 0 Å². The summed E-state index contributed by atoms with van der Waals surface area (Å²) in [6.07, 6.45) is 8.64. The predicted molar refractivity (Wildman–Crippen MR) is 38.5 cm³/mol. The average molecular weight is 150 g/mol. The number of cyclic esters (lactones) is 2. The van der Waals surface area contributed by atoms with E-state index in [4.69, 9.17) is 0 Å². The van der Waals surface area contributed by atoms with Crippen LogP contribution in [0, 0.1) is 0 Å². The van der Waals surface area contributed by atoms with Crippen LogP contribution in [0.15, 0.2) is 36.5 Å². The zero-order valence-electron chi connectivity index (χ0n) is 5.69. The van der Waals surface area contributed by atoms with E-state index in [-0.39, 0.29) is 0 Å². The molecule has 0 aromatic carbocycles. The van der Waals surface area contributed by atoms with Crippen molar-refractivity contribution >= 4 is 11.9 Å². The zero-order chi connectivity index (χ0) is 8.10. The number of hydrogen-bond acceptors (Lipinski definition) is 3. The van der Waals surface area contributed by atoms with Crippen molar-refractivity contribution in [2.45, 2.75) is 0 Å². The van der Waals surface area contributed by atoms with Gasteiger partial charge in [0.05, 0.1) is 0 Å². The lowest BCUT2D eigenvalue weighted by molar-refractivity contribution is -0.152. The van der Waals surface area contributed by atoms with Crippen molar-refractivity contribution < 1.29 is 14.3 Å². The maximum atomic E-state index is 10.6. The van der Waals surface area contributed by atoms with Crippen LogP contribution >= 0.6 is 0 Å². The number of ether oxygens (including phenoxy) is 1. The summed E-state index contributed by atoms with van der Waals surface area (Å²) in [6, 6.07) is 0. The molecule has 0 bridgehead atoms. The predicted octanol–water partition coefficient (Wildman–Crippen LogP) is 0.738. The highest BCUT2D eigenvalue weighted by Gasteiger charge is 2.02. The molecule has 11 heavy (non-hydrogen) atoms. The quantitative estimate of drug-likeness (QED) is 0.378. The van der Waals surface area contributed by atoms with Gasteiger partial charge in [-0.3, -0.25) is 0 Å². The van der Waals surface area contributed by atoms with Gasteiger partial charge >= 0.3 is 11.9 Å². The van der Waals surface area contributed by atoms with Crippen LogP contribution in [0.5, 0.6) is 0 Å². The average Bonchev–Trinajstić information content (AvgIpc) is 2.02. The third kappa shape index (κ3) is 2.62. The summed E-state index contributed by atoms with van der Waals surface area (Å²) in [5, 5.41) is 0. The number of allylic oxidation sites excluding steroid dienone is 4. The maximum Gasteiger partial charge on any atom is 0.338 e. The Morgan fingerprint density at radius 1 is 0.818 bits per heavy atom. The fourth-order valence-corrected chi connectivity index (χ4v) is 0.564. The van der Waals surface area contributed by atoms with Gasteiger partial charge in [-0.1, -0.05) is 24.3 Å². The zero-order valence-corrected chi connectivity index (χ0v) is 5.69. The van der Waals surface area contributed by atoms with Crippen molar-refractivity contribution in [2.24, 2.45) is 0 Å². The van der Waals surface area contributed by atoms with Gasteiger partial charge < -0.3 is 4.74 Å². The number of carbonyl (C=O) groups excluding carboxylic acids is 2. The second-order valence-electron chi connectivity index (χ2n) is 1.84. The third-order valence-electron chi connectivity index (χ3n) is 0.999. The van der Waals surface area contributed by atoms with E-state index in [0.717, 1.165) is 0 Å². The topological polar surface area (TPSA) is 43.4 Å². The summed E-state index contributed by atoms with van der Waals surface area (Å²) in [5.74, 6) is -1.29. The van der Waals surface area contributed by atoms with Gasteiger partial charge in [-0.2, -0.15) is 0 Å². The molecule has 3 heteroatoms. The molecule has 0 saturated heterocycles. The van der Waals surface area contributed by atoms with Crippen LogP contribution < -0.4 is 0 Å². The molecule has 0 N–H and O–H groups in total. The standard InChI is InChI=1S/C8H6O3/c9-7-5-3-1-2-4-6-8(10)11-7/h1-6H/b2-1-,5-3+,6-4+. The summed E-state index contributed by atoms with van der Waals surface area (Å²) < 4.78 is 4.28.